The Morgan fingerprint density at radius 1 is 1.50 bits per heavy atom. The van der Waals surface area contributed by atoms with Gasteiger partial charge in [0.1, 0.15) is 11.5 Å². The monoisotopic (exact) mass is 254 g/mol. The van der Waals surface area contributed by atoms with E-state index >= 15 is 0 Å². The minimum absolute atomic E-state index is 0.119. The molecule has 0 aliphatic heterocycles. The Bertz CT molecular complexity index is 412. The number of amides is 2. The zero-order valence-corrected chi connectivity index (χ0v) is 11.7. The molecule has 2 unspecified atom stereocenters. The normalized spacial score (nSPS) is 14.1. The lowest BCUT2D eigenvalue weighted by Gasteiger charge is -2.22. The topological polar surface area (TPSA) is 65.7 Å². The fourth-order valence-corrected chi connectivity index (χ4v) is 1.93. The van der Waals surface area contributed by atoms with E-state index in [1.54, 1.807) is 14.0 Å². The van der Waals surface area contributed by atoms with Crippen LogP contribution in [0, 0.1) is 13.8 Å². The summed E-state index contributed by atoms with van der Waals surface area (Å²) in [6, 6.07) is 1.60. The van der Waals surface area contributed by atoms with Gasteiger partial charge in [0.2, 0.25) is 0 Å². The molecule has 0 fully saturated rings. The van der Waals surface area contributed by atoms with Gasteiger partial charge in [0.25, 0.3) is 0 Å². The van der Waals surface area contributed by atoms with E-state index in [2.05, 4.69) is 5.32 Å². The van der Waals surface area contributed by atoms with Crippen LogP contribution in [0.5, 0.6) is 0 Å². The number of aryl methyl sites for hydroxylation is 2. The zero-order valence-electron chi connectivity index (χ0n) is 11.7. The second-order valence-electron chi connectivity index (χ2n) is 4.77. The molecule has 2 atom stereocenters. The number of carbonyl (C=O) groups is 1. The molecule has 2 amide bonds. The van der Waals surface area contributed by atoms with Crippen molar-refractivity contribution in [3.8, 4) is 0 Å². The maximum absolute atomic E-state index is 11.9. The number of carbonyl (C=O) groups excluding carboxylic acids is 1. The molecule has 2 N–H and O–H groups in total. The summed E-state index contributed by atoms with van der Waals surface area (Å²) in [6.07, 6.45) is -0.533. The molecule has 1 aromatic rings. The van der Waals surface area contributed by atoms with Gasteiger partial charge in [0.05, 0.1) is 12.1 Å². The fraction of sp³-hybridized carbons (Fsp3) is 0.615. The van der Waals surface area contributed by atoms with Crippen LogP contribution in [-0.2, 0) is 0 Å². The molecule has 1 rings (SSSR count). The standard InChI is InChI=1S/C13H22N2O3/c1-8(16)7-15(5)13(17)14-10(3)12-6-9(2)18-11(12)4/h6,8,10,16H,7H2,1-5H3,(H,14,17). The van der Waals surface area contributed by atoms with Gasteiger partial charge in [-0.15, -0.1) is 0 Å². The molecule has 0 saturated heterocycles. The minimum Gasteiger partial charge on any atom is -0.466 e. The summed E-state index contributed by atoms with van der Waals surface area (Å²) in [6.45, 7) is 7.62. The van der Waals surface area contributed by atoms with Crippen molar-refractivity contribution < 1.29 is 14.3 Å². The molecule has 5 nitrogen and oxygen atoms in total. The number of aliphatic hydroxyl groups excluding tert-OH is 1. The molecule has 1 aromatic heterocycles. The van der Waals surface area contributed by atoms with Crippen molar-refractivity contribution in [2.45, 2.75) is 39.8 Å². The largest absolute Gasteiger partial charge is 0.466 e. The van der Waals surface area contributed by atoms with Crippen molar-refractivity contribution in [3.63, 3.8) is 0 Å². The highest BCUT2D eigenvalue weighted by Gasteiger charge is 2.17. The second-order valence-corrected chi connectivity index (χ2v) is 4.77. The van der Waals surface area contributed by atoms with E-state index < -0.39 is 6.10 Å². The first-order chi connectivity index (χ1) is 8.31. The first-order valence-electron chi connectivity index (χ1n) is 6.08. The maximum atomic E-state index is 11.9. The highest BCUT2D eigenvalue weighted by atomic mass is 16.3. The van der Waals surface area contributed by atoms with Gasteiger partial charge >= 0.3 is 6.03 Å². The Balaban J connectivity index is 2.62. The Hall–Kier alpha value is -1.49. The van der Waals surface area contributed by atoms with Crippen molar-refractivity contribution in [1.82, 2.24) is 10.2 Å². The first kappa shape index (κ1) is 14.6. The van der Waals surface area contributed by atoms with Gasteiger partial charge in [-0.25, -0.2) is 4.79 Å². The molecule has 1 heterocycles. The summed E-state index contributed by atoms with van der Waals surface area (Å²) in [5.41, 5.74) is 0.978. The van der Waals surface area contributed by atoms with Gasteiger partial charge in [0.15, 0.2) is 0 Å². The van der Waals surface area contributed by atoms with Gasteiger partial charge < -0.3 is 19.7 Å². The van der Waals surface area contributed by atoms with E-state index in [9.17, 15) is 9.90 Å². The zero-order chi connectivity index (χ0) is 13.9. The Morgan fingerprint density at radius 3 is 2.56 bits per heavy atom. The predicted octanol–water partition coefficient (Wildman–Crippen LogP) is 1.98. The third-order valence-corrected chi connectivity index (χ3v) is 2.77. The summed E-state index contributed by atoms with van der Waals surface area (Å²) in [5.74, 6) is 1.65. The van der Waals surface area contributed by atoms with Crippen LogP contribution in [0.3, 0.4) is 0 Å². The van der Waals surface area contributed by atoms with Gasteiger partial charge in [-0.1, -0.05) is 0 Å². The second kappa shape index (κ2) is 5.91. The predicted molar refractivity (Wildman–Crippen MR) is 69.4 cm³/mol. The number of likely N-dealkylation sites (N-methyl/N-ethyl adjacent to an activating group) is 1. The molecule has 0 saturated carbocycles. The number of furan rings is 1. The van der Waals surface area contributed by atoms with E-state index in [0.29, 0.717) is 6.54 Å². The summed E-state index contributed by atoms with van der Waals surface area (Å²) in [4.78, 5) is 13.3. The van der Waals surface area contributed by atoms with E-state index in [0.717, 1.165) is 17.1 Å². The van der Waals surface area contributed by atoms with E-state index in [-0.39, 0.29) is 12.1 Å². The molecular formula is C13H22N2O3. The summed E-state index contributed by atoms with van der Waals surface area (Å²) >= 11 is 0. The molecule has 102 valence electrons. The van der Waals surface area contributed by atoms with Crippen molar-refractivity contribution >= 4 is 6.03 Å². The van der Waals surface area contributed by atoms with Crippen LogP contribution < -0.4 is 5.32 Å². The van der Waals surface area contributed by atoms with Crippen molar-refractivity contribution in [2.75, 3.05) is 13.6 Å². The average molecular weight is 254 g/mol. The number of hydrogen-bond acceptors (Lipinski definition) is 3. The molecule has 0 bridgehead atoms. The molecule has 0 aliphatic rings. The third-order valence-electron chi connectivity index (χ3n) is 2.77. The van der Waals surface area contributed by atoms with Crippen LogP contribution in [0.2, 0.25) is 0 Å². The van der Waals surface area contributed by atoms with Crippen LogP contribution in [0.15, 0.2) is 10.5 Å². The summed E-state index contributed by atoms with van der Waals surface area (Å²) in [7, 11) is 1.66. The van der Waals surface area contributed by atoms with Crippen LogP contribution in [0.25, 0.3) is 0 Å². The molecule has 0 radical (unpaired) electrons. The lowest BCUT2D eigenvalue weighted by Crippen LogP contribution is -2.41. The Morgan fingerprint density at radius 2 is 2.11 bits per heavy atom. The third kappa shape index (κ3) is 3.77. The summed E-state index contributed by atoms with van der Waals surface area (Å²) < 4.78 is 5.44. The molecule has 0 aromatic carbocycles. The SMILES string of the molecule is Cc1cc(C(C)NC(=O)N(C)CC(C)O)c(C)o1. The molecular weight excluding hydrogens is 232 g/mol. The quantitative estimate of drug-likeness (QED) is 0.863. The molecule has 0 spiro atoms. The molecule has 0 aliphatic carbocycles. The average Bonchev–Trinajstić information content (AvgIpc) is 2.56. The molecule has 5 heteroatoms. The smallest absolute Gasteiger partial charge is 0.317 e. The Kier molecular flexibility index (Phi) is 4.78. The fourth-order valence-electron chi connectivity index (χ4n) is 1.93. The lowest BCUT2D eigenvalue weighted by molar-refractivity contribution is 0.142. The summed E-state index contributed by atoms with van der Waals surface area (Å²) in [5, 5.41) is 12.1. The van der Waals surface area contributed by atoms with Crippen molar-refractivity contribution in [1.29, 1.82) is 0 Å². The van der Waals surface area contributed by atoms with Crippen LogP contribution >= 0.6 is 0 Å². The highest BCUT2D eigenvalue weighted by Crippen LogP contribution is 2.21. The van der Waals surface area contributed by atoms with Crippen LogP contribution in [-0.4, -0.2) is 35.7 Å². The van der Waals surface area contributed by atoms with Gasteiger partial charge in [0, 0.05) is 19.2 Å². The van der Waals surface area contributed by atoms with E-state index in [1.165, 1.54) is 4.90 Å². The number of aliphatic hydroxyl groups is 1. The van der Waals surface area contributed by atoms with Crippen LogP contribution in [0.4, 0.5) is 4.79 Å². The number of rotatable bonds is 4. The number of nitrogens with one attached hydrogen (secondary N) is 1. The van der Waals surface area contributed by atoms with E-state index in [4.69, 9.17) is 4.42 Å². The minimum atomic E-state index is -0.533. The number of nitrogens with zero attached hydrogens (tertiary/aromatic N) is 1. The molecule has 18 heavy (non-hydrogen) atoms. The highest BCUT2D eigenvalue weighted by molar-refractivity contribution is 5.74. The lowest BCUT2D eigenvalue weighted by atomic mass is 10.1. The number of hydrogen-bond donors (Lipinski definition) is 2. The van der Waals surface area contributed by atoms with Gasteiger partial charge in [-0.2, -0.15) is 0 Å². The van der Waals surface area contributed by atoms with Gasteiger partial charge in [-0.3, -0.25) is 0 Å². The Labute approximate surface area is 108 Å². The first-order valence-corrected chi connectivity index (χ1v) is 6.08. The van der Waals surface area contributed by atoms with Crippen molar-refractivity contribution in [3.05, 3.63) is 23.2 Å². The van der Waals surface area contributed by atoms with Crippen molar-refractivity contribution in [2.24, 2.45) is 0 Å². The maximum Gasteiger partial charge on any atom is 0.317 e. The van der Waals surface area contributed by atoms with Crippen LogP contribution in [0.1, 0.15) is 37.0 Å². The number of urea groups is 1. The van der Waals surface area contributed by atoms with Gasteiger partial charge in [-0.05, 0) is 33.8 Å². The van der Waals surface area contributed by atoms with E-state index in [1.807, 2.05) is 26.8 Å².